The van der Waals surface area contributed by atoms with Gasteiger partial charge in [-0.2, -0.15) is 0 Å². The van der Waals surface area contributed by atoms with Gasteiger partial charge < -0.3 is 5.11 Å². The second-order valence-corrected chi connectivity index (χ2v) is 20.2. The first kappa shape index (κ1) is 40.9. The van der Waals surface area contributed by atoms with Crippen molar-refractivity contribution in [1.29, 1.82) is 0 Å². The molecule has 0 atom stereocenters. The Morgan fingerprint density at radius 2 is 1.16 bits per heavy atom. The van der Waals surface area contributed by atoms with Crippen molar-refractivity contribution in [1.82, 2.24) is 18.7 Å². The molecule has 0 bridgehead atoms. The number of imidazole rings is 2. The molecule has 64 heavy (non-hydrogen) atoms. The Balaban J connectivity index is 1.31. The Bertz CT molecular complexity index is 3380. The average Bonchev–Trinajstić information content (AvgIpc) is 3.95. The van der Waals surface area contributed by atoms with Gasteiger partial charge in [0.15, 0.2) is 11.5 Å². The van der Waals surface area contributed by atoms with Crippen molar-refractivity contribution in [3.05, 3.63) is 187 Å². The molecule has 6 heteroatoms. The van der Waals surface area contributed by atoms with Crippen molar-refractivity contribution in [2.24, 2.45) is 0 Å². The van der Waals surface area contributed by atoms with Crippen molar-refractivity contribution in [2.45, 2.75) is 78.6 Å². The third-order valence-electron chi connectivity index (χ3n) is 12.6. The first-order chi connectivity index (χ1) is 30.6. The van der Waals surface area contributed by atoms with Crippen molar-refractivity contribution in [3.63, 3.8) is 0 Å². The normalized spacial score (nSPS) is 12.5. The van der Waals surface area contributed by atoms with Gasteiger partial charge in [0.25, 0.3) is 6.33 Å². The molecular weight excluding hydrogens is 783 g/mol. The van der Waals surface area contributed by atoms with E-state index < -0.39 is 0 Å². The van der Waals surface area contributed by atoms with Crippen molar-refractivity contribution in [2.75, 3.05) is 0 Å². The molecule has 0 amide bonds. The first-order valence-corrected chi connectivity index (χ1v) is 22.3. The predicted molar refractivity (Wildman–Crippen MR) is 264 cm³/mol. The van der Waals surface area contributed by atoms with E-state index in [2.05, 4.69) is 245 Å². The summed E-state index contributed by atoms with van der Waals surface area (Å²) >= 11 is 0. The fourth-order valence-electron chi connectivity index (χ4n) is 9.11. The summed E-state index contributed by atoms with van der Waals surface area (Å²) in [4.78, 5) is 5.73. The summed E-state index contributed by atoms with van der Waals surface area (Å²) < 4.78 is 8.87. The lowest BCUT2D eigenvalue weighted by Gasteiger charge is -2.28. The highest BCUT2D eigenvalue weighted by molar-refractivity contribution is 6.09. The number of rotatable bonds is 6. The van der Waals surface area contributed by atoms with Crippen molar-refractivity contribution < 1.29 is 9.67 Å². The number of aromatic hydroxyl groups is 1. The monoisotopic (exact) mass is 837 g/mol. The van der Waals surface area contributed by atoms with Crippen LogP contribution in [0.3, 0.4) is 0 Å². The lowest BCUT2D eigenvalue weighted by Crippen LogP contribution is -2.29. The van der Waals surface area contributed by atoms with E-state index in [1.54, 1.807) is 0 Å². The van der Waals surface area contributed by atoms with E-state index in [0.29, 0.717) is 11.4 Å². The quantitative estimate of drug-likeness (QED) is 0.134. The number of nitrogens with zero attached hydrogens (tertiary/aromatic N) is 5. The van der Waals surface area contributed by atoms with Crippen LogP contribution in [-0.2, 0) is 16.2 Å². The summed E-state index contributed by atoms with van der Waals surface area (Å²) in [5.74, 6) is 0.936. The highest BCUT2D eigenvalue weighted by Gasteiger charge is 2.31. The molecule has 3 aromatic heterocycles. The molecule has 7 aromatic carbocycles. The zero-order chi connectivity index (χ0) is 44.7. The van der Waals surface area contributed by atoms with Crippen LogP contribution in [0.1, 0.15) is 79.0 Å². The highest BCUT2D eigenvalue weighted by Crippen LogP contribution is 2.46. The summed E-state index contributed by atoms with van der Waals surface area (Å²) in [6.07, 6.45) is 3.68. The summed E-state index contributed by atoms with van der Waals surface area (Å²) in [7, 11) is 0. The van der Waals surface area contributed by atoms with Gasteiger partial charge in [-0.1, -0.05) is 172 Å². The van der Waals surface area contributed by atoms with E-state index >= 15 is 0 Å². The lowest BCUT2D eigenvalue weighted by atomic mass is 9.79. The minimum absolute atomic E-state index is 0.0834. The highest BCUT2D eigenvalue weighted by atomic mass is 16.3. The minimum atomic E-state index is -0.332. The Hall–Kier alpha value is -7.18. The fourth-order valence-corrected chi connectivity index (χ4v) is 9.11. The Morgan fingerprint density at radius 1 is 0.531 bits per heavy atom. The van der Waals surface area contributed by atoms with Crippen LogP contribution in [0.15, 0.2) is 164 Å². The zero-order valence-electron chi connectivity index (χ0n) is 38.3. The summed E-state index contributed by atoms with van der Waals surface area (Å²) in [6.45, 7) is 20.0. The van der Waals surface area contributed by atoms with Crippen LogP contribution in [0.4, 0.5) is 0 Å². The molecule has 0 spiro atoms. The number of aromatic nitrogens is 5. The van der Waals surface area contributed by atoms with Gasteiger partial charge in [-0.15, -0.1) is 0 Å². The number of para-hydroxylation sites is 4. The number of phenols is 1. The van der Waals surface area contributed by atoms with Crippen LogP contribution >= 0.6 is 0 Å². The number of phenolic OH excluding ortho intramolecular Hbond substituents is 1. The second kappa shape index (κ2) is 15.0. The van der Waals surface area contributed by atoms with Crippen molar-refractivity contribution in [3.8, 4) is 51.0 Å². The molecule has 0 unspecified atom stereocenters. The Morgan fingerprint density at radius 3 is 1.86 bits per heavy atom. The molecule has 318 valence electrons. The first-order valence-electron chi connectivity index (χ1n) is 22.3. The molecular formula is C58H55N5O. The molecule has 6 nitrogen and oxygen atoms in total. The number of hydrogen-bond acceptors (Lipinski definition) is 2. The smallest absolute Gasteiger partial charge is 0.269 e. The van der Waals surface area contributed by atoms with Gasteiger partial charge in [0, 0.05) is 22.2 Å². The molecule has 10 rings (SSSR count). The van der Waals surface area contributed by atoms with Gasteiger partial charge in [0.2, 0.25) is 0 Å². The summed E-state index contributed by atoms with van der Waals surface area (Å²) in [6, 6.07) is 57.9. The largest absolute Gasteiger partial charge is 0.507 e. The minimum Gasteiger partial charge on any atom is -0.507 e. The van der Waals surface area contributed by atoms with Gasteiger partial charge in [0.05, 0.1) is 39.2 Å². The molecule has 3 heterocycles. The van der Waals surface area contributed by atoms with Gasteiger partial charge in [-0.25, -0.2) is 4.98 Å². The lowest BCUT2D eigenvalue weighted by molar-refractivity contribution is -0.572. The van der Waals surface area contributed by atoms with E-state index in [9.17, 15) is 5.11 Å². The fraction of sp³-hybridized carbons (Fsp3) is 0.207. The van der Waals surface area contributed by atoms with E-state index in [1.807, 2.05) is 6.07 Å². The van der Waals surface area contributed by atoms with Crippen LogP contribution < -0.4 is 4.57 Å². The summed E-state index contributed by atoms with van der Waals surface area (Å²) in [5.41, 5.74) is 14.5. The van der Waals surface area contributed by atoms with Crippen LogP contribution in [0.25, 0.3) is 78.4 Å². The van der Waals surface area contributed by atoms with Gasteiger partial charge in [0.1, 0.15) is 11.3 Å². The third kappa shape index (κ3) is 6.89. The average molecular weight is 838 g/mol. The van der Waals surface area contributed by atoms with E-state index in [0.717, 1.165) is 78.1 Å². The van der Waals surface area contributed by atoms with E-state index in [4.69, 9.17) is 4.98 Å². The van der Waals surface area contributed by atoms with E-state index in [-0.39, 0.29) is 22.0 Å². The van der Waals surface area contributed by atoms with E-state index in [1.165, 1.54) is 5.56 Å². The number of fused-ring (bicyclic) bond motifs is 4. The van der Waals surface area contributed by atoms with Crippen LogP contribution in [0, 0.1) is 6.33 Å². The molecule has 1 N–H and O–H groups in total. The second-order valence-electron chi connectivity index (χ2n) is 20.2. The Kier molecular flexibility index (Phi) is 9.57. The van der Waals surface area contributed by atoms with Crippen LogP contribution in [0.5, 0.6) is 5.75 Å². The topological polar surface area (TPSA) is 51.8 Å². The van der Waals surface area contributed by atoms with Gasteiger partial charge in [-0.3, -0.25) is 18.3 Å². The molecule has 0 saturated heterocycles. The molecule has 0 radical (unpaired) electrons. The number of hydrogen-bond donors (Lipinski definition) is 1. The standard InChI is InChI=1S/C58H55N5O/c1-56(2,3)39-31-32-49(45(33-39)38-21-12-10-13-22-38)63-52-44-27-16-17-28-48(44)62(55(52)59-54(63)46-34-40(57(4,5)6)35-47(53(46)64)58(7,8)9)43-26-20-25-42(36-43)61-37-60(41-23-14-11-15-24-41)50-29-18-19-30-51(50)61/h10-36,64H,1-9H3. The Labute approximate surface area is 376 Å². The zero-order valence-corrected chi connectivity index (χ0v) is 38.3. The van der Waals surface area contributed by atoms with Crippen LogP contribution in [-0.4, -0.2) is 23.8 Å². The van der Waals surface area contributed by atoms with Gasteiger partial charge in [-0.05, 0) is 87.5 Å². The third-order valence-corrected chi connectivity index (χ3v) is 12.6. The molecule has 10 aromatic rings. The molecule has 0 aliphatic heterocycles. The number of benzene rings is 7. The molecule has 0 saturated carbocycles. The maximum absolute atomic E-state index is 12.6. The molecule has 0 fully saturated rings. The SMILES string of the molecule is CC(C)(C)c1ccc(-n2c(-c3cc(C(C)(C)C)cc(C(C)(C)C)c3O)nc3c2c2ccccc2n3-c2cccc(-n3[c-][n+](-c4ccccc4)c4ccccc43)c2)c(-c2ccccc2)c1. The predicted octanol–water partition coefficient (Wildman–Crippen LogP) is 13.9. The maximum atomic E-state index is 12.6. The van der Waals surface area contributed by atoms with Crippen molar-refractivity contribution >= 4 is 33.1 Å². The molecule has 0 aliphatic carbocycles. The van der Waals surface area contributed by atoms with Crippen LogP contribution in [0.2, 0.25) is 0 Å². The molecule has 0 aliphatic rings. The summed E-state index contributed by atoms with van der Waals surface area (Å²) in [5, 5.41) is 13.7. The van der Waals surface area contributed by atoms with Gasteiger partial charge >= 0.3 is 0 Å². The maximum Gasteiger partial charge on any atom is 0.269 e.